The molecule has 1 atom stereocenters. The van der Waals surface area contributed by atoms with Crippen LogP contribution in [0.1, 0.15) is 22.7 Å². The maximum Gasteiger partial charge on any atom is 0.0563 e. The molecular formula is C14H13N. The van der Waals surface area contributed by atoms with Gasteiger partial charge in [-0.1, -0.05) is 48.0 Å². The molecule has 0 heterocycles. The van der Waals surface area contributed by atoms with Crippen LogP contribution in [0.15, 0.2) is 42.5 Å². The lowest BCUT2D eigenvalue weighted by Gasteiger charge is -2.05. The van der Waals surface area contributed by atoms with E-state index < -0.39 is 0 Å². The summed E-state index contributed by atoms with van der Waals surface area (Å²) < 4.78 is 0. The SMILES string of the molecule is Cc1ccc2c(c1)-c1ccccc1C2N. The molecule has 0 aromatic heterocycles. The molecule has 1 aliphatic carbocycles. The Morgan fingerprint density at radius 2 is 1.67 bits per heavy atom. The first-order chi connectivity index (χ1) is 7.27. The van der Waals surface area contributed by atoms with Crippen molar-refractivity contribution in [1.29, 1.82) is 0 Å². The quantitative estimate of drug-likeness (QED) is 0.687. The van der Waals surface area contributed by atoms with E-state index in [9.17, 15) is 0 Å². The number of fused-ring (bicyclic) bond motifs is 3. The van der Waals surface area contributed by atoms with Gasteiger partial charge in [0.05, 0.1) is 6.04 Å². The van der Waals surface area contributed by atoms with E-state index in [-0.39, 0.29) is 6.04 Å². The summed E-state index contributed by atoms with van der Waals surface area (Å²) in [7, 11) is 0. The zero-order chi connectivity index (χ0) is 10.4. The van der Waals surface area contributed by atoms with Gasteiger partial charge in [-0.15, -0.1) is 0 Å². The zero-order valence-electron chi connectivity index (χ0n) is 8.70. The Hall–Kier alpha value is -1.60. The Morgan fingerprint density at radius 1 is 0.933 bits per heavy atom. The average Bonchev–Trinajstić information content (AvgIpc) is 2.54. The monoisotopic (exact) mass is 195 g/mol. The van der Waals surface area contributed by atoms with Gasteiger partial charge in [0.2, 0.25) is 0 Å². The van der Waals surface area contributed by atoms with Crippen LogP contribution >= 0.6 is 0 Å². The van der Waals surface area contributed by atoms with E-state index in [0.29, 0.717) is 0 Å². The fourth-order valence-electron chi connectivity index (χ4n) is 2.36. The van der Waals surface area contributed by atoms with Crippen molar-refractivity contribution in [3.05, 3.63) is 59.2 Å². The standard InChI is InChI=1S/C14H13N/c1-9-6-7-12-13(8-9)10-4-2-3-5-11(10)14(12)15/h2-8,14H,15H2,1H3. The molecule has 0 aliphatic heterocycles. The molecule has 1 nitrogen and oxygen atoms in total. The van der Waals surface area contributed by atoms with Gasteiger partial charge in [-0.3, -0.25) is 0 Å². The fraction of sp³-hybridized carbons (Fsp3) is 0.143. The van der Waals surface area contributed by atoms with Crippen LogP contribution in [0.4, 0.5) is 0 Å². The molecule has 2 N–H and O–H groups in total. The van der Waals surface area contributed by atoms with Gasteiger partial charge in [-0.2, -0.15) is 0 Å². The zero-order valence-corrected chi connectivity index (χ0v) is 8.70. The van der Waals surface area contributed by atoms with Crippen LogP contribution in [0.3, 0.4) is 0 Å². The third kappa shape index (κ3) is 1.13. The second-order valence-electron chi connectivity index (χ2n) is 4.16. The Bertz CT molecular complexity index is 529. The van der Waals surface area contributed by atoms with E-state index >= 15 is 0 Å². The van der Waals surface area contributed by atoms with Crippen molar-refractivity contribution >= 4 is 0 Å². The van der Waals surface area contributed by atoms with Gasteiger partial charge in [0.25, 0.3) is 0 Å². The smallest absolute Gasteiger partial charge is 0.0563 e. The number of hydrogen-bond donors (Lipinski definition) is 1. The summed E-state index contributed by atoms with van der Waals surface area (Å²) in [6.07, 6.45) is 0. The minimum absolute atomic E-state index is 0.0526. The van der Waals surface area contributed by atoms with E-state index in [2.05, 4.69) is 49.4 Å². The third-order valence-corrected chi connectivity index (χ3v) is 3.13. The second kappa shape index (κ2) is 2.94. The lowest BCUT2D eigenvalue weighted by atomic mass is 10.0. The minimum atomic E-state index is 0.0526. The Morgan fingerprint density at radius 3 is 2.53 bits per heavy atom. The van der Waals surface area contributed by atoms with Crippen LogP contribution in [-0.2, 0) is 0 Å². The number of hydrogen-bond acceptors (Lipinski definition) is 1. The fourth-order valence-corrected chi connectivity index (χ4v) is 2.36. The van der Waals surface area contributed by atoms with E-state index in [0.717, 1.165) is 0 Å². The van der Waals surface area contributed by atoms with E-state index in [1.807, 2.05) is 0 Å². The molecule has 0 saturated heterocycles. The van der Waals surface area contributed by atoms with Gasteiger partial charge < -0.3 is 5.73 Å². The maximum atomic E-state index is 6.21. The summed E-state index contributed by atoms with van der Waals surface area (Å²) in [5.41, 5.74) is 12.6. The average molecular weight is 195 g/mol. The van der Waals surface area contributed by atoms with Crippen LogP contribution in [-0.4, -0.2) is 0 Å². The van der Waals surface area contributed by atoms with Gasteiger partial charge in [-0.05, 0) is 29.2 Å². The largest absolute Gasteiger partial charge is 0.320 e. The first-order valence-corrected chi connectivity index (χ1v) is 5.23. The lowest BCUT2D eigenvalue weighted by molar-refractivity contribution is 0.900. The number of aryl methyl sites for hydroxylation is 1. The van der Waals surface area contributed by atoms with Crippen molar-refractivity contribution in [2.75, 3.05) is 0 Å². The van der Waals surface area contributed by atoms with Crippen molar-refractivity contribution in [3.63, 3.8) is 0 Å². The molecule has 0 saturated carbocycles. The van der Waals surface area contributed by atoms with Crippen LogP contribution in [0, 0.1) is 6.92 Å². The van der Waals surface area contributed by atoms with Crippen molar-refractivity contribution in [2.45, 2.75) is 13.0 Å². The van der Waals surface area contributed by atoms with Crippen molar-refractivity contribution in [1.82, 2.24) is 0 Å². The Balaban J connectivity index is 2.34. The van der Waals surface area contributed by atoms with E-state index in [1.54, 1.807) is 0 Å². The van der Waals surface area contributed by atoms with Gasteiger partial charge in [-0.25, -0.2) is 0 Å². The highest BCUT2D eigenvalue weighted by molar-refractivity contribution is 5.78. The highest BCUT2D eigenvalue weighted by Crippen LogP contribution is 2.42. The molecule has 0 amide bonds. The molecule has 3 rings (SSSR count). The summed E-state index contributed by atoms with van der Waals surface area (Å²) in [5, 5.41) is 0. The molecule has 2 aromatic carbocycles. The number of rotatable bonds is 0. The van der Waals surface area contributed by atoms with Gasteiger partial charge in [0.15, 0.2) is 0 Å². The summed E-state index contributed by atoms with van der Waals surface area (Å²) in [6.45, 7) is 2.12. The highest BCUT2D eigenvalue weighted by Gasteiger charge is 2.24. The van der Waals surface area contributed by atoms with Crippen LogP contribution in [0.25, 0.3) is 11.1 Å². The summed E-state index contributed by atoms with van der Waals surface area (Å²) >= 11 is 0. The van der Waals surface area contributed by atoms with Gasteiger partial charge in [0.1, 0.15) is 0 Å². The summed E-state index contributed by atoms with van der Waals surface area (Å²) in [4.78, 5) is 0. The predicted molar refractivity (Wildman–Crippen MR) is 62.6 cm³/mol. The minimum Gasteiger partial charge on any atom is -0.320 e. The lowest BCUT2D eigenvalue weighted by Crippen LogP contribution is -2.07. The number of nitrogens with two attached hydrogens (primary N) is 1. The topological polar surface area (TPSA) is 26.0 Å². The van der Waals surface area contributed by atoms with Crippen LogP contribution < -0.4 is 5.73 Å². The molecular weight excluding hydrogens is 182 g/mol. The molecule has 0 bridgehead atoms. The molecule has 15 heavy (non-hydrogen) atoms. The highest BCUT2D eigenvalue weighted by atomic mass is 14.7. The Labute approximate surface area is 89.6 Å². The molecule has 0 radical (unpaired) electrons. The molecule has 1 aliphatic rings. The summed E-state index contributed by atoms with van der Waals surface area (Å²) in [6, 6.07) is 15.0. The van der Waals surface area contributed by atoms with E-state index in [1.165, 1.54) is 27.8 Å². The Kier molecular flexibility index (Phi) is 1.70. The van der Waals surface area contributed by atoms with Gasteiger partial charge in [0, 0.05) is 0 Å². The van der Waals surface area contributed by atoms with Gasteiger partial charge >= 0.3 is 0 Å². The van der Waals surface area contributed by atoms with Crippen molar-refractivity contribution in [3.8, 4) is 11.1 Å². The molecule has 1 heteroatoms. The maximum absolute atomic E-state index is 6.21. The summed E-state index contributed by atoms with van der Waals surface area (Å²) in [5.74, 6) is 0. The molecule has 2 aromatic rings. The third-order valence-electron chi connectivity index (χ3n) is 3.13. The predicted octanol–water partition coefficient (Wildman–Crippen LogP) is 3.02. The first-order valence-electron chi connectivity index (χ1n) is 5.23. The van der Waals surface area contributed by atoms with Crippen LogP contribution in [0.5, 0.6) is 0 Å². The normalized spacial score (nSPS) is 17.3. The van der Waals surface area contributed by atoms with Crippen molar-refractivity contribution in [2.24, 2.45) is 5.73 Å². The van der Waals surface area contributed by atoms with E-state index in [4.69, 9.17) is 5.73 Å². The molecule has 1 unspecified atom stereocenters. The molecule has 74 valence electrons. The van der Waals surface area contributed by atoms with Crippen LogP contribution in [0.2, 0.25) is 0 Å². The second-order valence-corrected chi connectivity index (χ2v) is 4.16. The molecule has 0 fully saturated rings. The van der Waals surface area contributed by atoms with Crippen molar-refractivity contribution < 1.29 is 0 Å². The number of benzene rings is 2. The first kappa shape index (κ1) is 8.69. The molecule has 0 spiro atoms.